The van der Waals surface area contributed by atoms with Crippen molar-refractivity contribution in [3.63, 3.8) is 0 Å². The van der Waals surface area contributed by atoms with Gasteiger partial charge in [0.25, 0.3) is 0 Å². The molecule has 0 aliphatic heterocycles. The maximum Gasteiger partial charge on any atom is 0.163 e. The molecule has 6 heteroatoms. The van der Waals surface area contributed by atoms with Crippen molar-refractivity contribution in [1.82, 2.24) is 0 Å². The number of nitrogens with two attached hydrogens (primary N) is 2. The van der Waals surface area contributed by atoms with E-state index in [-0.39, 0.29) is 11.1 Å². The zero-order chi connectivity index (χ0) is 14.9. The summed E-state index contributed by atoms with van der Waals surface area (Å²) in [5.41, 5.74) is 11.1. The standard InChI is InChI=1S/C14H12F4N2/c15-9-5-1-3-7(11(9)17)13(19)14(20)8-4-2-6-10(16)12(8)18/h1-6,13-14H,19-20H2/t13-,14+. The minimum Gasteiger partial charge on any atom is -0.322 e. The van der Waals surface area contributed by atoms with Gasteiger partial charge in [0.05, 0.1) is 12.1 Å². The molecule has 0 unspecified atom stereocenters. The molecular weight excluding hydrogens is 272 g/mol. The highest BCUT2D eigenvalue weighted by molar-refractivity contribution is 5.29. The van der Waals surface area contributed by atoms with Crippen LogP contribution in [-0.4, -0.2) is 0 Å². The Morgan fingerprint density at radius 2 is 1.00 bits per heavy atom. The molecule has 0 heterocycles. The highest BCUT2D eigenvalue weighted by Gasteiger charge is 2.25. The smallest absolute Gasteiger partial charge is 0.163 e. The Morgan fingerprint density at radius 1 is 0.650 bits per heavy atom. The van der Waals surface area contributed by atoms with Gasteiger partial charge in [-0.1, -0.05) is 24.3 Å². The van der Waals surface area contributed by atoms with Gasteiger partial charge in [-0.25, -0.2) is 17.6 Å². The van der Waals surface area contributed by atoms with E-state index >= 15 is 0 Å². The first kappa shape index (κ1) is 14.5. The van der Waals surface area contributed by atoms with E-state index in [9.17, 15) is 17.6 Å². The summed E-state index contributed by atoms with van der Waals surface area (Å²) in [6.45, 7) is 0. The van der Waals surface area contributed by atoms with E-state index in [0.29, 0.717) is 0 Å². The molecule has 0 spiro atoms. The summed E-state index contributed by atoms with van der Waals surface area (Å²) in [6.07, 6.45) is 0. The summed E-state index contributed by atoms with van der Waals surface area (Å²) in [4.78, 5) is 0. The van der Waals surface area contributed by atoms with Crippen molar-refractivity contribution in [2.24, 2.45) is 11.5 Å². The molecule has 20 heavy (non-hydrogen) atoms. The SMILES string of the molecule is N[C@H](c1cccc(F)c1F)[C@@H](N)c1cccc(F)c1F. The maximum atomic E-state index is 13.6. The first-order chi connectivity index (χ1) is 9.43. The Balaban J connectivity index is 2.40. The molecule has 0 radical (unpaired) electrons. The van der Waals surface area contributed by atoms with Crippen molar-refractivity contribution in [3.05, 3.63) is 70.8 Å². The summed E-state index contributed by atoms with van der Waals surface area (Å²) in [7, 11) is 0. The molecule has 0 saturated carbocycles. The lowest BCUT2D eigenvalue weighted by atomic mass is 9.94. The monoisotopic (exact) mass is 284 g/mol. The minimum absolute atomic E-state index is 0.193. The van der Waals surface area contributed by atoms with Gasteiger partial charge in [-0.2, -0.15) is 0 Å². The van der Waals surface area contributed by atoms with Crippen LogP contribution in [-0.2, 0) is 0 Å². The molecule has 2 nitrogen and oxygen atoms in total. The highest BCUT2D eigenvalue weighted by Crippen LogP contribution is 2.29. The van der Waals surface area contributed by atoms with E-state index in [4.69, 9.17) is 11.5 Å². The van der Waals surface area contributed by atoms with Crippen molar-refractivity contribution in [2.75, 3.05) is 0 Å². The Kier molecular flexibility index (Phi) is 4.06. The second kappa shape index (κ2) is 5.60. The number of halogens is 4. The van der Waals surface area contributed by atoms with Crippen LogP contribution in [0.3, 0.4) is 0 Å². The minimum atomic E-state index is -1.21. The summed E-state index contributed by atoms with van der Waals surface area (Å²) < 4.78 is 53.5. The van der Waals surface area contributed by atoms with Gasteiger partial charge in [0.15, 0.2) is 23.3 Å². The lowest BCUT2D eigenvalue weighted by Gasteiger charge is -2.21. The predicted molar refractivity (Wildman–Crippen MR) is 66.6 cm³/mol. The van der Waals surface area contributed by atoms with Crippen molar-refractivity contribution in [3.8, 4) is 0 Å². The number of hydrogen-bond acceptors (Lipinski definition) is 2. The molecule has 106 valence electrons. The highest BCUT2D eigenvalue weighted by atomic mass is 19.2. The molecule has 0 saturated heterocycles. The van der Waals surface area contributed by atoms with E-state index in [1.807, 2.05) is 0 Å². The average molecular weight is 284 g/mol. The number of hydrogen-bond donors (Lipinski definition) is 2. The van der Waals surface area contributed by atoms with Crippen molar-refractivity contribution in [1.29, 1.82) is 0 Å². The van der Waals surface area contributed by atoms with Crippen molar-refractivity contribution >= 4 is 0 Å². The van der Waals surface area contributed by atoms with Crippen LogP contribution in [0, 0.1) is 23.3 Å². The zero-order valence-electron chi connectivity index (χ0n) is 10.3. The van der Waals surface area contributed by atoms with Gasteiger partial charge in [0, 0.05) is 11.1 Å². The summed E-state index contributed by atoms with van der Waals surface area (Å²) in [6, 6.07) is 4.48. The molecule has 0 bridgehead atoms. The Labute approximate surface area is 113 Å². The van der Waals surface area contributed by atoms with E-state index in [1.54, 1.807) is 0 Å². The quantitative estimate of drug-likeness (QED) is 0.851. The van der Waals surface area contributed by atoms with Gasteiger partial charge in [0.1, 0.15) is 0 Å². The van der Waals surface area contributed by atoms with E-state index < -0.39 is 35.4 Å². The predicted octanol–water partition coefficient (Wildman–Crippen LogP) is 2.94. The van der Waals surface area contributed by atoms with Gasteiger partial charge in [0.2, 0.25) is 0 Å². The average Bonchev–Trinajstić information content (AvgIpc) is 2.43. The van der Waals surface area contributed by atoms with E-state index in [1.165, 1.54) is 24.3 Å². The molecule has 0 aliphatic carbocycles. The van der Waals surface area contributed by atoms with Crippen LogP contribution in [0.2, 0.25) is 0 Å². The molecule has 2 aromatic rings. The maximum absolute atomic E-state index is 13.6. The number of rotatable bonds is 3. The summed E-state index contributed by atoms with van der Waals surface area (Å²) >= 11 is 0. The van der Waals surface area contributed by atoms with Gasteiger partial charge < -0.3 is 11.5 Å². The van der Waals surface area contributed by atoms with Gasteiger partial charge in [-0.05, 0) is 12.1 Å². The van der Waals surface area contributed by atoms with Gasteiger partial charge in [-0.15, -0.1) is 0 Å². The zero-order valence-corrected chi connectivity index (χ0v) is 10.3. The third-order valence-electron chi connectivity index (χ3n) is 3.07. The van der Waals surface area contributed by atoms with E-state index in [0.717, 1.165) is 12.1 Å². The van der Waals surface area contributed by atoms with Crippen LogP contribution >= 0.6 is 0 Å². The Bertz CT molecular complexity index is 575. The normalized spacial score (nSPS) is 14.1. The lowest BCUT2D eigenvalue weighted by Crippen LogP contribution is -2.28. The van der Waals surface area contributed by atoms with Crippen molar-refractivity contribution in [2.45, 2.75) is 12.1 Å². The molecule has 2 atom stereocenters. The van der Waals surface area contributed by atoms with Gasteiger partial charge >= 0.3 is 0 Å². The third kappa shape index (κ3) is 2.52. The summed E-state index contributed by atoms with van der Waals surface area (Å²) in [5, 5.41) is 0. The fourth-order valence-corrected chi connectivity index (χ4v) is 1.94. The Hall–Kier alpha value is -1.92. The van der Waals surface area contributed by atoms with Crippen LogP contribution in [0.1, 0.15) is 23.2 Å². The molecule has 2 rings (SSSR count). The molecule has 0 aromatic heterocycles. The fraction of sp³-hybridized carbons (Fsp3) is 0.143. The third-order valence-corrected chi connectivity index (χ3v) is 3.07. The van der Waals surface area contributed by atoms with E-state index in [2.05, 4.69) is 0 Å². The first-order valence-electron chi connectivity index (χ1n) is 5.82. The fourth-order valence-electron chi connectivity index (χ4n) is 1.94. The molecule has 0 fully saturated rings. The van der Waals surface area contributed by atoms with Crippen LogP contribution < -0.4 is 11.5 Å². The Morgan fingerprint density at radius 3 is 1.35 bits per heavy atom. The largest absolute Gasteiger partial charge is 0.322 e. The summed E-state index contributed by atoms with van der Waals surface area (Å²) in [5.74, 6) is -4.45. The van der Waals surface area contributed by atoms with Crippen LogP contribution in [0.25, 0.3) is 0 Å². The second-order valence-corrected chi connectivity index (χ2v) is 4.34. The van der Waals surface area contributed by atoms with Crippen molar-refractivity contribution < 1.29 is 17.6 Å². The van der Waals surface area contributed by atoms with Crippen LogP contribution in [0.4, 0.5) is 17.6 Å². The molecule has 0 aliphatic rings. The number of benzene rings is 2. The lowest BCUT2D eigenvalue weighted by molar-refractivity contribution is 0.451. The second-order valence-electron chi connectivity index (χ2n) is 4.34. The first-order valence-corrected chi connectivity index (χ1v) is 5.82. The molecule has 4 N–H and O–H groups in total. The van der Waals surface area contributed by atoms with Crippen LogP contribution in [0.5, 0.6) is 0 Å². The molecule has 2 aromatic carbocycles. The molecular formula is C14H12F4N2. The topological polar surface area (TPSA) is 52.0 Å². The van der Waals surface area contributed by atoms with Crippen LogP contribution in [0.15, 0.2) is 36.4 Å². The molecule has 0 amide bonds. The van der Waals surface area contributed by atoms with Gasteiger partial charge in [-0.3, -0.25) is 0 Å².